The molecule has 4 rings (SSSR count). The minimum atomic E-state index is -4.63. The van der Waals surface area contributed by atoms with E-state index in [1.807, 2.05) is 0 Å². The summed E-state index contributed by atoms with van der Waals surface area (Å²) < 4.78 is 45.0. The van der Waals surface area contributed by atoms with Gasteiger partial charge in [0.25, 0.3) is 5.91 Å². The molecule has 0 aliphatic carbocycles. The highest BCUT2D eigenvalue weighted by atomic mass is 19.4. The summed E-state index contributed by atoms with van der Waals surface area (Å²) in [7, 11) is 1.55. The van der Waals surface area contributed by atoms with Gasteiger partial charge in [-0.25, -0.2) is 0 Å². The van der Waals surface area contributed by atoms with Crippen molar-refractivity contribution < 1.29 is 32.3 Å². The molecule has 2 aliphatic heterocycles. The number of anilines is 1. The quantitative estimate of drug-likeness (QED) is 0.682. The summed E-state index contributed by atoms with van der Waals surface area (Å²) in [6.45, 7) is 0.902. The van der Waals surface area contributed by atoms with Crippen LogP contribution in [0.25, 0.3) is 0 Å². The van der Waals surface area contributed by atoms with E-state index in [4.69, 9.17) is 4.74 Å². The number of carbonyl (C=O) groups is 3. The Hall–Kier alpha value is -3.56. The van der Waals surface area contributed by atoms with Gasteiger partial charge in [-0.15, -0.1) is 0 Å². The standard InChI is InChI=1S/C24H24F3N3O4/c1-34-18-8-6-17(7-9-18)30-15-16(14-21(30)31)22(32)28-10-12-29(13-11-28)23(33)19-4-2-3-5-20(19)24(25,26)27/h2-9,16H,10-15H2,1H3. The maximum Gasteiger partial charge on any atom is 0.417 e. The number of alkyl halides is 3. The molecule has 1 unspecified atom stereocenters. The van der Waals surface area contributed by atoms with Crippen LogP contribution in [-0.2, 0) is 15.8 Å². The molecule has 0 saturated carbocycles. The van der Waals surface area contributed by atoms with Crippen LogP contribution >= 0.6 is 0 Å². The number of piperazine rings is 1. The monoisotopic (exact) mass is 475 g/mol. The van der Waals surface area contributed by atoms with E-state index in [2.05, 4.69) is 0 Å². The highest BCUT2D eigenvalue weighted by Gasteiger charge is 2.39. The molecule has 0 bridgehead atoms. The Morgan fingerprint density at radius 1 is 0.941 bits per heavy atom. The highest BCUT2D eigenvalue weighted by molar-refractivity contribution is 6.00. The van der Waals surface area contributed by atoms with Gasteiger partial charge in [0.2, 0.25) is 11.8 Å². The smallest absolute Gasteiger partial charge is 0.417 e. The fraction of sp³-hybridized carbons (Fsp3) is 0.375. The molecule has 34 heavy (non-hydrogen) atoms. The number of methoxy groups -OCH3 is 1. The van der Waals surface area contributed by atoms with Crippen LogP contribution in [0.4, 0.5) is 18.9 Å². The maximum atomic E-state index is 13.3. The fourth-order valence-electron chi connectivity index (χ4n) is 4.36. The first-order valence-electron chi connectivity index (χ1n) is 10.9. The Kier molecular flexibility index (Phi) is 6.49. The largest absolute Gasteiger partial charge is 0.497 e. The van der Waals surface area contributed by atoms with Crippen molar-refractivity contribution in [3.05, 3.63) is 59.7 Å². The van der Waals surface area contributed by atoms with Crippen LogP contribution in [0, 0.1) is 5.92 Å². The number of amides is 3. The second-order valence-corrected chi connectivity index (χ2v) is 8.26. The van der Waals surface area contributed by atoms with Crippen LogP contribution in [0.15, 0.2) is 48.5 Å². The average molecular weight is 475 g/mol. The van der Waals surface area contributed by atoms with Crippen LogP contribution < -0.4 is 9.64 Å². The molecule has 2 fully saturated rings. The summed E-state index contributed by atoms with van der Waals surface area (Å²) in [5, 5.41) is 0. The lowest BCUT2D eigenvalue weighted by atomic mass is 10.0. The molecule has 0 radical (unpaired) electrons. The number of rotatable bonds is 4. The molecule has 1 atom stereocenters. The molecule has 2 saturated heterocycles. The molecule has 180 valence electrons. The Bertz CT molecular complexity index is 1080. The van der Waals surface area contributed by atoms with E-state index < -0.39 is 29.1 Å². The zero-order chi connectivity index (χ0) is 24.5. The molecule has 2 aromatic carbocycles. The Balaban J connectivity index is 1.37. The first-order chi connectivity index (χ1) is 16.2. The predicted octanol–water partition coefficient (Wildman–Crippen LogP) is 3.05. The van der Waals surface area contributed by atoms with Gasteiger partial charge in [0.15, 0.2) is 0 Å². The highest BCUT2D eigenvalue weighted by Crippen LogP contribution is 2.33. The van der Waals surface area contributed by atoms with E-state index >= 15 is 0 Å². The molecular formula is C24H24F3N3O4. The zero-order valence-electron chi connectivity index (χ0n) is 18.5. The van der Waals surface area contributed by atoms with Gasteiger partial charge in [0.1, 0.15) is 5.75 Å². The molecular weight excluding hydrogens is 451 g/mol. The third-order valence-electron chi connectivity index (χ3n) is 6.20. The van der Waals surface area contributed by atoms with Gasteiger partial charge in [-0.1, -0.05) is 12.1 Å². The predicted molar refractivity (Wildman–Crippen MR) is 117 cm³/mol. The lowest BCUT2D eigenvalue weighted by Gasteiger charge is -2.36. The van der Waals surface area contributed by atoms with Crippen LogP contribution in [-0.4, -0.2) is 67.4 Å². The number of hydrogen-bond acceptors (Lipinski definition) is 4. The third-order valence-corrected chi connectivity index (χ3v) is 6.20. The van der Waals surface area contributed by atoms with E-state index in [0.29, 0.717) is 11.4 Å². The molecule has 2 aromatic rings. The molecule has 2 heterocycles. The van der Waals surface area contributed by atoms with Gasteiger partial charge in [-0.3, -0.25) is 14.4 Å². The minimum Gasteiger partial charge on any atom is -0.497 e. The van der Waals surface area contributed by atoms with Crippen LogP contribution in [0.5, 0.6) is 5.75 Å². The normalized spacial score (nSPS) is 18.9. The van der Waals surface area contributed by atoms with E-state index in [1.54, 1.807) is 41.2 Å². The Labute approximate surface area is 194 Å². The van der Waals surface area contributed by atoms with E-state index in [-0.39, 0.29) is 51.0 Å². The molecule has 0 aromatic heterocycles. The Morgan fingerprint density at radius 3 is 2.18 bits per heavy atom. The Morgan fingerprint density at radius 2 is 1.56 bits per heavy atom. The first kappa shape index (κ1) is 23.6. The van der Waals surface area contributed by atoms with Gasteiger partial charge >= 0.3 is 6.18 Å². The number of ether oxygens (including phenoxy) is 1. The topological polar surface area (TPSA) is 70.2 Å². The molecule has 2 aliphatic rings. The first-order valence-corrected chi connectivity index (χ1v) is 10.9. The van der Waals surface area contributed by atoms with E-state index in [9.17, 15) is 27.6 Å². The summed E-state index contributed by atoms with van der Waals surface area (Å²) in [6, 6.07) is 11.7. The summed E-state index contributed by atoms with van der Waals surface area (Å²) in [4.78, 5) is 42.8. The van der Waals surface area contributed by atoms with Crippen molar-refractivity contribution in [1.29, 1.82) is 0 Å². The van der Waals surface area contributed by atoms with Crippen molar-refractivity contribution >= 4 is 23.4 Å². The number of benzene rings is 2. The fourth-order valence-corrected chi connectivity index (χ4v) is 4.36. The second-order valence-electron chi connectivity index (χ2n) is 8.26. The van der Waals surface area contributed by atoms with Crippen LogP contribution in [0.1, 0.15) is 22.3 Å². The van der Waals surface area contributed by atoms with Crippen LogP contribution in [0.2, 0.25) is 0 Å². The number of halogens is 3. The van der Waals surface area contributed by atoms with Crippen molar-refractivity contribution in [3.63, 3.8) is 0 Å². The van der Waals surface area contributed by atoms with Gasteiger partial charge in [-0.05, 0) is 36.4 Å². The van der Waals surface area contributed by atoms with Gasteiger partial charge < -0.3 is 19.4 Å². The summed E-state index contributed by atoms with van der Waals surface area (Å²) in [5.41, 5.74) is -0.687. The summed E-state index contributed by atoms with van der Waals surface area (Å²) in [5.74, 6) is -0.897. The molecule has 0 spiro atoms. The maximum absolute atomic E-state index is 13.3. The molecule has 3 amide bonds. The van der Waals surface area contributed by atoms with Crippen molar-refractivity contribution in [2.24, 2.45) is 5.92 Å². The molecule has 7 nitrogen and oxygen atoms in total. The van der Waals surface area contributed by atoms with Crippen molar-refractivity contribution in [1.82, 2.24) is 9.80 Å². The van der Waals surface area contributed by atoms with Gasteiger partial charge in [-0.2, -0.15) is 13.2 Å². The van der Waals surface area contributed by atoms with Crippen molar-refractivity contribution in [2.45, 2.75) is 12.6 Å². The molecule has 0 N–H and O–H groups in total. The third kappa shape index (κ3) is 4.71. The van der Waals surface area contributed by atoms with Crippen molar-refractivity contribution in [2.75, 3.05) is 44.7 Å². The zero-order valence-corrected chi connectivity index (χ0v) is 18.5. The summed E-state index contributed by atoms with van der Waals surface area (Å²) >= 11 is 0. The summed E-state index contributed by atoms with van der Waals surface area (Å²) in [6.07, 6.45) is -4.54. The number of carbonyl (C=O) groups excluding carboxylic acids is 3. The SMILES string of the molecule is COc1ccc(N2CC(C(=O)N3CCN(C(=O)c4ccccc4C(F)(F)F)CC3)CC2=O)cc1. The minimum absolute atomic E-state index is 0.0863. The number of hydrogen-bond donors (Lipinski definition) is 0. The average Bonchev–Trinajstić information content (AvgIpc) is 3.24. The number of nitrogens with zero attached hydrogens (tertiary/aromatic N) is 3. The van der Waals surface area contributed by atoms with Crippen LogP contribution in [0.3, 0.4) is 0 Å². The molecule has 10 heteroatoms. The van der Waals surface area contributed by atoms with Gasteiger partial charge in [0, 0.05) is 44.8 Å². The second kappa shape index (κ2) is 9.36. The van der Waals surface area contributed by atoms with Gasteiger partial charge in [0.05, 0.1) is 24.2 Å². The van der Waals surface area contributed by atoms with Crippen molar-refractivity contribution in [3.8, 4) is 5.75 Å². The lowest BCUT2D eigenvalue weighted by Crippen LogP contribution is -2.52. The lowest BCUT2D eigenvalue weighted by molar-refractivity contribution is -0.138. The van der Waals surface area contributed by atoms with E-state index in [1.165, 1.54) is 23.1 Å². The van der Waals surface area contributed by atoms with E-state index in [0.717, 1.165) is 6.07 Å².